The number of rotatable bonds is 4. The van der Waals surface area contributed by atoms with E-state index in [0.29, 0.717) is 31.2 Å². The summed E-state index contributed by atoms with van der Waals surface area (Å²) in [6, 6.07) is 0. The predicted octanol–water partition coefficient (Wildman–Crippen LogP) is 0.566. The summed E-state index contributed by atoms with van der Waals surface area (Å²) in [5.41, 5.74) is 0. The largest absolute Gasteiger partial charge is 0.396 e. The van der Waals surface area contributed by atoms with E-state index in [-0.39, 0.29) is 30.3 Å². The number of fused-ring (bicyclic) bond motifs is 5. The second kappa shape index (κ2) is 3.95. The molecule has 1 saturated heterocycles. The van der Waals surface area contributed by atoms with Crippen molar-refractivity contribution >= 4 is 11.8 Å². The third-order valence-electron chi connectivity index (χ3n) is 4.35. The molecule has 2 bridgehead atoms. The van der Waals surface area contributed by atoms with Crippen LogP contribution in [0, 0.1) is 23.7 Å². The molecule has 92 valence electrons. The van der Waals surface area contributed by atoms with Crippen LogP contribution in [-0.2, 0) is 9.59 Å². The second-order valence-corrected chi connectivity index (χ2v) is 5.26. The molecule has 1 unspecified atom stereocenters. The number of imide groups is 1. The van der Waals surface area contributed by atoms with Crippen molar-refractivity contribution in [3.05, 3.63) is 12.2 Å². The van der Waals surface area contributed by atoms with Gasteiger partial charge in [0.15, 0.2) is 0 Å². The van der Waals surface area contributed by atoms with Crippen LogP contribution in [0.15, 0.2) is 12.2 Å². The summed E-state index contributed by atoms with van der Waals surface area (Å²) in [4.78, 5) is 25.8. The molecular weight excluding hydrogens is 218 g/mol. The molecule has 0 aromatic rings. The molecule has 3 rings (SSSR count). The van der Waals surface area contributed by atoms with Crippen LogP contribution in [0.5, 0.6) is 0 Å². The molecule has 2 amide bonds. The van der Waals surface area contributed by atoms with E-state index in [2.05, 4.69) is 12.2 Å². The first-order valence-corrected chi connectivity index (χ1v) is 6.38. The summed E-state index contributed by atoms with van der Waals surface area (Å²) in [6.45, 7) is 0.598. The maximum Gasteiger partial charge on any atom is 0.233 e. The number of unbranched alkanes of at least 4 members (excludes halogenated alkanes) is 1. The molecule has 1 N–H and O–H groups in total. The SMILES string of the molecule is O=C1C2[C@@H]3C=C[C@@H](C3)[C@@H]2C(=O)N1CCCCO. The molecular formula is C13H17NO3. The number of nitrogens with zero attached hydrogens (tertiary/aromatic N) is 1. The lowest BCUT2D eigenvalue weighted by Crippen LogP contribution is -2.33. The number of hydrogen-bond donors (Lipinski definition) is 1. The number of hydrogen-bond acceptors (Lipinski definition) is 3. The van der Waals surface area contributed by atoms with Crippen molar-refractivity contribution in [2.24, 2.45) is 23.7 Å². The van der Waals surface area contributed by atoms with Crippen LogP contribution in [0.25, 0.3) is 0 Å². The van der Waals surface area contributed by atoms with E-state index < -0.39 is 0 Å². The molecule has 4 nitrogen and oxygen atoms in total. The molecule has 0 aromatic carbocycles. The van der Waals surface area contributed by atoms with Crippen LogP contribution in [-0.4, -0.2) is 35.0 Å². The Labute approximate surface area is 100 Å². The normalized spacial score (nSPS) is 38.3. The van der Waals surface area contributed by atoms with Gasteiger partial charge in [0.25, 0.3) is 0 Å². The van der Waals surface area contributed by atoms with E-state index in [1.165, 1.54) is 4.90 Å². The fraction of sp³-hybridized carbons (Fsp3) is 0.692. The summed E-state index contributed by atoms with van der Waals surface area (Å²) >= 11 is 0. The molecule has 0 aromatic heterocycles. The number of aliphatic hydroxyl groups excluding tert-OH is 1. The first kappa shape index (κ1) is 11.0. The number of aliphatic hydroxyl groups is 1. The molecule has 1 saturated carbocycles. The van der Waals surface area contributed by atoms with Gasteiger partial charge in [0.2, 0.25) is 11.8 Å². The lowest BCUT2D eigenvalue weighted by atomic mass is 9.85. The molecule has 2 fully saturated rings. The average Bonchev–Trinajstić information content (AvgIpc) is 2.97. The van der Waals surface area contributed by atoms with Crippen LogP contribution >= 0.6 is 0 Å². The smallest absolute Gasteiger partial charge is 0.233 e. The molecule has 2 aliphatic carbocycles. The van der Waals surface area contributed by atoms with Crippen molar-refractivity contribution in [1.29, 1.82) is 0 Å². The Morgan fingerprint density at radius 3 is 2.24 bits per heavy atom. The van der Waals surface area contributed by atoms with Gasteiger partial charge in [-0.15, -0.1) is 0 Å². The van der Waals surface area contributed by atoms with Crippen LogP contribution in [0.4, 0.5) is 0 Å². The minimum atomic E-state index is -0.0772. The highest BCUT2D eigenvalue weighted by Crippen LogP contribution is 2.52. The van der Waals surface area contributed by atoms with E-state index >= 15 is 0 Å². The van der Waals surface area contributed by atoms with Crippen LogP contribution in [0.3, 0.4) is 0 Å². The van der Waals surface area contributed by atoms with Crippen molar-refractivity contribution in [3.63, 3.8) is 0 Å². The lowest BCUT2D eigenvalue weighted by Gasteiger charge is -2.16. The van der Waals surface area contributed by atoms with Gasteiger partial charge < -0.3 is 5.11 Å². The molecule has 4 atom stereocenters. The Morgan fingerprint density at radius 1 is 1.12 bits per heavy atom. The number of carbonyl (C=O) groups excluding carboxylic acids is 2. The van der Waals surface area contributed by atoms with Gasteiger partial charge in [0, 0.05) is 13.2 Å². The van der Waals surface area contributed by atoms with Gasteiger partial charge in [-0.1, -0.05) is 12.2 Å². The van der Waals surface area contributed by atoms with Crippen molar-refractivity contribution in [2.45, 2.75) is 19.3 Å². The summed E-state index contributed by atoms with van der Waals surface area (Å²) in [5, 5.41) is 8.73. The fourth-order valence-corrected chi connectivity index (χ4v) is 3.57. The minimum Gasteiger partial charge on any atom is -0.396 e. The van der Waals surface area contributed by atoms with Gasteiger partial charge in [-0.3, -0.25) is 14.5 Å². The third-order valence-corrected chi connectivity index (χ3v) is 4.35. The first-order chi connectivity index (χ1) is 8.24. The maximum atomic E-state index is 12.2. The Hall–Kier alpha value is -1.16. The molecule has 0 spiro atoms. The number of carbonyl (C=O) groups is 2. The zero-order valence-corrected chi connectivity index (χ0v) is 9.71. The highest BCUT2D eigenvalue weighted by Gasteiger charge is 2.58. The van der Waals surface area contributed by atoms with Crippen LogP contribution in [0.2, 0.25) is 0 Å². The standard InChI is InChI=1S/C13H17NO3/c15-6-2-1-5-14-12(16)10-8-3-4-9(7-8)11(10)13(14)17/h3-4,8-11,15H,1-2,5-7H2/t8-,9+,10-,11?/m0/s1. The van der Waals surface area contributed by atoms with E-state index in [9.17, 15) is 9.59 Å². The first-order valence-electron chi connectivity index (χ1n) is 6.38. The van der Waals surface area contributed by atoms with Crippen molar-refractivity contribution in [3.8, 4) is 0 Å². The molecule has 0 radical (unpaired) electrons. The van der Waals surface area contributed by atoms with Crippen LogP contribution < -0.4 is 0 Å². The van der Waals surface area contributed by atoms with E-state index in [0.717, 1.165) is 6.42 Å². The van der Waals surface area contributed by atoms with E-state index in [4.69, 9.17) is 5.11 Å². The van der Waals surface area contributed by atoms with Crippen molar-refractivity contribution in [2.75, 3.05) is 13.2 Å². The average molecular weight is 235 g/mol. The quantitative estimate of drug-likeness (QED) is 0.440. The van der Waals surface area contributed by atoms with Crippen molar-refractivity contribution < 1.29 is 14.7 Å². The summed E-state index contributed by atoms with van der Waals surface area (Å²) < 4.78 is 0. The minimum absolute atomic E-state index is 0.0230. The zero-order chi connectivity index (χ0) is 12.0. The Bertz CT molecular complexity index is 360. The zero-order valence-electron chi connectivity index (χ0n) is 9.71. The summed E-state index contributed by atoms with van der Waals surface area (Å²) in [7, 11) is 0. The summed E-state index contributed by atoms with van der Waals surface area (Å²) in [6.07, 6.45) is 6.55. The van der Waals surface area contributed by atoms with Crippen LogP contribution in [0.1, 0.15) is 19.3 Å². The predicted molar refractivity (Wildman–Crippen MR) is 60.8 cm³/mol. The van der Waals surface area contributed by atoms with E-state index in [1.54, 1.807) is 0 Å². The Balaban J connectivity index is 1.74. The molecule has 3 aliphatic rings. The highest BCUT2D eigenvalue weighted by molar-refractivity contribution is 6.06. The Morgan fingerprint density at radius 2 is 1.71 bits per heavy atom. The van der Waals surface area contributed by atoms with Gasteiger partial charge in [0.05, 0.1) is 11.8 Å². The molecule has 1 heterocycles. The monoisotopic (exact) mass is 235 g/mol. The Kier molecular flexibility index (Phi) is 2.54. The maximum absolute atomic E-state index is 12.2. The topological polar surface area (TPSA) is 57.6 Å². The second-order valence-electron chi connectivity index (χ2n) is 5.26. The van der Waals surface area contributed by atoms with Gasteiger partial charge in [-0.25, -0.2) is 0 Å². The molecule has 1 aliphatic heterocycles. The van der Waals surface area contributed by atoms with Gasteiger partial charge in [0.1, 0.15) is 0 Å². The van der Waals surface area contributed by atoms with Crippen molar-refractivity contribution in [1.82, 2.24) is 4.90 Å². The number of allylic oxidation sites excluding steroid dienone is 2. The van der Waals surface area contributed by atoms with E-state index in [1.807, 2.05) is 0 Å². The number of likely N-dealkylation sites (tertiary alicyclic amines) is 1. The lowest BCUT2D eigenvalue weighted by molar-refractivity contribution is -0.140. The number of amides is 2. The highest BCUT2D eigenvalue weighted by atomic mass is 16.3. The van der Waals surface area contributed by atoms with Gasteiger partial charge in [-0.05, 0) is 31.1 Å². The summed E-state index contributed by atoms with van der Waals surface area (Å²) in [5.74, 6) is 0.483. The molecule has 17 heavy (non-hydrogen) atoms. The van der Waals surface area contributed by atoms with Gasteiger partial charge in [-0.2, -0.15) is 0 Å². The fourth-order valence-electron chi connectivity index (χ4n) is 3.57. The molecule has 4 heteroatoms. The third kappa shape index (κ3) is 1.47. The van der Waals surface area contributed by atoms with Gasteiger partial charge >= 0.3 is 0 Å².